The maximum atomic E-state index is 10.4. The summed E-state index contributed by atoms with van der Waals surface area (Å²) in [6.45, 7) is -0.139. The second kappa shape index (κ2) is 4.85. The Labute approximate surface area is 90.8 Å². The van der Waals surface area contributed by atoms with Crippen LogP contribution in [0.15, 0.2) is 12.1 Å². The van der Waals surface area contributed by atoms with E-state index in [1.165, 1.54) is 12.1 Å². The first-order valence-corrected chi connectivity index (χ1v) is 4.38. The number of carbonyl (C=O) groups excluding carboxylic acids is 1. The Kier molecular flexibility index (Phi) is 3.75. The third-order valence-corrected chi connectivity index (χ3v) is 2.00. The Morgan fingerprint density at radius 1 is 1.43 bits per heavy atom. The molecule has 0 radical (unpaired) electrons. The minimum Gasteiger partial charge on any atom is -0.476 e. The number of carbonyl (C=O) groups is 1. The summed E-state index contributed by atoms with van der Waals surface area (Å²) in [5.41, 5.74) is 0.365. The zero-order chi connectivity index (χ0) is 10.6. The normalized spacial score (nSPS) is 9.21. The van der Waals surface area contributed by atoms with E-state index in [4.69, 9.17) is 33.2 Å². The molecule has 0 aromatic heterocycles. The third-order valence-electron chi connectivity index (χ3n) is 1.44. The molecule has 0 aliphatic carbocycles. The van der Waals surface area contributed by atoms with Crippen molar-refractivity contribution in [1.29, 1.82) is 5.26 Å². The van der Waals surface area contributed by atoms with E-state index in [9.17, 15) is 4.79 Å². The van der Waals surface area contributed by atoms with E-state index in [2.05, 4.69) is 0 Å². The van der Waals surface area contributed by atoms with Crippen molar-refractivity contribution in [2.45, 2.75) is 0 Å². The van der Waals surface area contributed by atoms with Gasteiger partial charge in [0.2, 0.25) is 0 Å². The second-order valence-corrected chi connectivity index (χ2v) is 3.19. The van der Waals surface area contributed by atoms with Crippen molar-refractivity contribution >= 4 is 29.5 Å². The van der Waals surface area contributed by atoms with E-state index in [-0.39, 0.29) is 22.4 Å². The van der Waals surface area contributed by atoms with Crippen molar-refractivity contribution in [2.24, 2.45) is 0 Å². The smallest absolute Gasteiger partial charge is 0.174 e. The molecule has 0 bridgehead atoms. The molecule has 0 heterocycles. The van der Waals surface area contributed by atoms with E-state index in [0.29, 0.717) is 11.8 Å². The standard InChI is InChI=1S/C9H5Cl2NO2/c10-7-3-6(5-13)4-8(11)9(7)14-2-1-12/h3-5H,2H2. The number of rotatable bonds is 3. The molecule has 3 nitrogen and oxygen atoms in total. The Bertz CT molecular complexity index is 375. The summed E-state index contributed by atoms with van der Waals surface area (Å²) in [4.78, 5) is 10.4. The fraction of sp³-hybridized carbons (Fsp3) is 0.111. The molecule has 0 aliphatic rings. The molecule has 0 saturated heterocycles. The van der Waals surface area contributed by atoms with Crippen molar-refractivity contribution in [1.82, 2.24) is 0 Å². The highest BCUT2D eigenvalue weighted by atomic mass is 35.5. The van der Waals surface area contributed by atoms with Crippen molar-refractivity contribution in [2.75, 3.05) is 6.61 Å². The van der Waals surface area contributed by atoms with Crippen LogP contribution >= 0.6 is 23.2 Å². The highest BCUT2D eigenvalue weighted by Crippen LogP contribution is 2.33. The minimum atomic E-state index is -0.139. The van der Waals surface area contributed by atoms with Crippen LogP contribution in [0.2, 0.25) is 10.0 Å². The van der Waals surface area contributed by atoms with Crippen LogP contribution in [-0.2, 0) is 0 Å². The molecule has 0 fully saturated rings. The lowest BCUT2D eigenvalue weighted by atomic mass is 10.2. The van der Waals surface area contributed by atoms with Gasteiger partial charge in [0.15, 0.2) is 12.4 Å². The van der Waals surface area contributed by atoms with Gasteiger partial charge in [-0.15, -0.1) is 0 Å². The summed E-state index contributed by atoms with van der Waals surface area (Å²) >= 11 is 11.5. The highest BCUT2D eigenvalue weighted by molar-refractivity contribution is 6.37. The topological polar surface area (TPSA) is 50.1 Å². The van der Waals surface area contributed by atoms with Crippen LogP contribution in [0.1, 0.15) is 10.4 Å². The lowest BCUT2D eigenvalue weighted by molar-refractivity contribution is 0.112. The average molecular weight is 230 g/mol. The lowest BCUT2D eigenvalue weighted by Gasteiger charge is -2.06. The summed E-state index contributed by atoms with van der Waals surface area (Å²) in [5, 5.41) is 8.73. The zero-order valence-corrected chi connectivity index (χ0v) is 8.47. The molecule has 0 N–H and O–H groups in total. The first kappa shape index (κ1) is 10.8. The minimum absolute atomic E-state index is 0.139. The molecule has 1 aromatic carbocycles. The average Bonchev–Trinajstić information content (AvgIpc) is 2.16. The van der Waals surface area contributed by atoms with E-state index in [1.54, 1.807) is 6.07 Å². The number of nitriles is 1. The van der Waals surface area contributed by atoms with Gasteiger partial charge in [0.05, 0.1) is 10.0 Å². The third kappa shape index (κ3) is 2.38. The number of nitrogens with zero attached hydrogens (tertiary/aromatic N) is 1. The number of aldehydes is 1. The summed E-state index contributed by atoms with van der Waals surface area (Å²) in [6, 6.07) is 4.64. The highest BCUT2D eigenvalue weighted by Gasteiger charge is 2.08. The second-order valence-electron chi connectivity index (χ2n) is 2.38. The molecular weight excluding hydrogens is 225 g/mol. The molecule has 1 rings (SSSR count). The van der Waals surface area contributed by atoms with Crippen molar-refractivity contribution in [3.8, 4) is 11.8 Å². The van der Waals surface area contributed by atoms with Crippen molar-refractivity contribution in [3.05, 3.63) is 27.7 Å². The van der Waals surface area contributed by atoms with Gasteiger partial charge in [0, 0.05) is 5.56 Å². The van der Waals surface area contributed by atoms with Crippen LogP contribution in [0.3, 0.4) is 0 Å². The number of hydrogen-bond acceptors (Lipinski definition) is 3. The van der Waals surface area contributed by atoms with Gasteiger partial charge < -0.3 is 4.74 Å². The Balaban J connectivity index is 3.06. The summed E-state index contributed by atoms with van der Waals surface area (Å²) < 4.78 is 4.98. The molecule has 72 valence electrons. The van der Waals surface area contributed by atoms with Gasteiger partial charge >= 0.3 is 0 Å². The van der Waals surface area contributed by atoms with Crippen LogP contribution in [0, 0.1) is 11.3 Å². The fourth-order valence-corrected chi connectivity index (χ4v) is 1.50. The number of ether oxygens (including phenoxy) is 1. The van der Waals surface area contributed by atoms with Gasteiger partial charge in [-0.1, -0.05) is 23.2 Å². The van der Waals surface area contributed by atoms with Crippen LogP contribution in [0.4, 0.5) is 0 Å². The van der Waals surface area contributed by atoms with Gasteiger partial charge in [0.1, 0.15) is 12.4 Å². The predicted molar refractivity (Wildman–Crippen MR) is 53.0 cm³/mol. The molecule has 0 atom stereocenters. The van der Waals surface area contributed by atoms with E-state index in [1.807, 2.05) is 0 Å². The molecule has 14 heavy (non-hydrogen) atoms. The fourth-order valence-electron chi connectivity index (χ4n) is 0.890. The quantitative estimate of drug-likeness (QED) is 0.750. The maximum Gasteiger partial charge on any atom is 0.174 e. The van der Waals surface area contributed by atoms with E-state index in [0.717, 1.165) is 0 Å². The first-order valence-electron chi connectivity index (χ1n) is 3.63. The summed E-state index contributed by atoms with van der Waals surface area (Å²) in [5.74, 6) is 0.223. The first-order chi connectivity index (χ1) is 6.69. The van der Waals surface area contributed by atoms with E-state index >= 15 is 0 Å². The molecule has 0 amide bonds. The SMILES string of the molecule is N#CCOc1c(Cl)cc(C=O)cc1Cl. The molecule has 1 aromatic rings. The van der Waals surface area contributed by atoms with E-state index < -0.39 is 0 Å². The largest absolute Gasteiger partial charge is 0.476 e. The number of halogens is 2. The molecule has 0 unspecified atom stereocenters. The molecule has 0 saturated carbocycles. The van der Waals surface area contributed by atoms with Crippen molar-refractivity contribution in [3.63, 3.8) is 0 Å². The van der Waals surface area contributed by atoms with Crippen LogP contribution in [0.5, 0.6) is 5.75 Å². The van der Waals surface area contributed by atoms with Crippen LogP contribution < -0.4 is 4.74 Å². The maximum absolute atomic E-state index is 10.4. The lowest BCUT2D eigenvalue weighted by Crippen LogP contribution is -1.95. The summed E-state index contributed by atoms with van der Waals surface area (Å²) in [7, 11) is 0. The Morgan fingerprint density at radius 3 is 2.43 bits per heavy atom. The predicted octanol–water partition coefficient (Wildman–Crippen LogP) is 2.71. The molecular formula is C9H5Cl2NO2. The van der Waals surface area contributed by atoms with Gasteiger partial charge in [-0.3, -0.25) is 4.79 Å². The van der Waals surface area contributed by atoms with Crippen LogP contribution in [-0.4, -0.2) is 12.9 Å². The Morgan fingerprint density at radius 2 is 2.00 bits per heavy atom. The molecule has 0 aliphatic heterocycles. The van der Waals surface area contributed by atoms with Gasteiger partial charge in [-0.05, 0) is 12.1 Å². The summed E-state index contributed by atoms with van der Waals surface area (Å²) in [6.07, 6.45) is 0.631. The van der Waals surface area contributed by atoms with Gasteiger partial charge in [0.25, 0.3) is 0 Å². The molecule has 0 spiro atoms. The van der Waals surface area contributed by atoms with Gasteiger partial charge in [-0.2, -0.15) is 5.26 Å². The molecule has 5 heteroatoms. The van der Waals surface area contributed by atoms with Gasteiger partial charge in [-0.25, -0.2) is 0 Å². The van der Waals surface area contributed by atoms with Crippen molar-refractivity contribution < 1.29 is 9.53 Å². The zero-order valence-electron chi connectivity index (χ0n) is 6.96. The Hall–Kier alpha value is -1.24. The monoisotopic (exact) mass is 229 g/mol. The number of hydrogen-bond donors (Lipinski definition) is 0. The number of benzene rings is 1. The van der Waals surface area contributed by atoms with Crippen LogP contribution in [0.25, 0.3) is 0 Å².